The Balaban J connectivity index is 2.14. The molecule has 22 heavy (non-hydrogen) atoms. The highest BCUT2D eigenvalue weighted by Crippen LogP contribution is 2.24. The average molecular weight is 305 g/mol. The second-order valence-corrected chi connectivity index (χ2v) is 5.88. The van der Waals surface area contributed by atoms with Gasteiger partial charge in [0, 0.05) is 18.7 Å². The van der Waals surface area contributed by atoms with Crippen LogP contribution >= 0.6 is 0 Å². The molecular formula is C15H19N3O4. The van der Waals surface area contributed by atoms with Gasteiger partial charge in [0.15, 0.2) is 5.69 Å². The van der Waals surface area contributed by atoms with Gasteiger partial charge in [-0.1, -0.05) is 6.08 Å². The van der Waals surface area contributed by atoms with Crippen molar-refractivity contribution in [3.05, 3.63) is 29.6 Å². The smallest absolute Gasteiger partial charge is 0.410 e. The molecule has 0 atom stereocenters. The van der Waals surface area contributed by atoms with Crippen molar-refractivity contribution in [3.63, 3.8) is 0 Å². The summed E-state index contributed by atoms with van der Waals surface area (Å²) in [5.41, 5.74) is 1.03. The van der Waals surface area contributed by atoms with Crippen LogP contribution < -0.4 is 0 Å². The number of rotatable bonds is 2. The number of hydrogen-bond donors (Lipinski definition) is 0. The van der Waals surface area contributed by atoms with Crippen LogP contribution in [0.3, 0.4) is 0 Å². The van der Waals surface area contributed by atoms with Crippen LogP contribution in [0.1, 0.15) is 36.8 Å². The van der Waals surface area contributed by atoms with E-state index < -0.39 is 11.6 Å². The van der Waals surface area contributed by atoms with Crippen LogP contribution in [0.15, 0.2) is 18.3 Å². The Morgan fingerprint density at radius 2 is 2.05 bits per heavy atom. The molecule has 0 bridgehead atoms. The van der Waals surface area contributed by atoms with Crippen molar-refractivity contribution in [2.45, 2.75) is 26.4 Å². The molecule has 0 fully saturated rings. The van der Waals surface area contributed by atoms with Gasteiger partial charge in [-0.15, -0.1) is 5.10 Å². The number of amides is 1. The molecule has 1 aliphatic rings. The van der Waals surface area contributed by atoms with E-state index >= 15 is 0 Å². The standard InChI is InChI=1S/C15H19N3O4/c1-15(2,3)22-14(20)18-8-6-10(9-18)11-5-7-16-17-12(11)13(19)21-4/h5-7H,8-9H2,1-4H3. The molecule has 0 radical (unpaired) electrons. The topological polar surface area (TPSA) is 81.6 Å². The Morgan fingerprint density at radius 1 is 1.32 bits per heavy atom. The van der Waals surface area contributed by atoms with Gasteiger partial charge in [-0.05, 0) is 32.4 Å². The van der Waals surface area contributed by atoms with Gasteiger partial charge in [-0.25, -0.2) is 9.59 Å². The van der Waals surface area contributed by atoms with E-state index in [4.69, 9.17) is 9.47 Å². The van der Waals surface area contributed by atoms with Gasteiger partial charge >= 0.3 is 12.1 Å². The fourth-order valence-corrected chi connectivity index (χ4v) is 2.05. The molecule has 0 aliphatic carbocycles. The van der Waals surface area contributed by atoms with Crippen molar-refractivity contribution >= 4 is 17.6 Å². The van der Waals surface area contributed by atoms with Gasteiger partial charge in [0.1, 0.15) is 5.60 Å². The third-order valence-electron chi connectivity index (χ3n) is 3.02. The van der Waals surface area contributed by atoms with Gasteiger partial charge in [0.2, 0.25) is 0 Å². The Hall–Kier alpha value is -2.44. The van der Waals surface area contributed by atoms with E-state index in [1.807, 2.05) is 26.8 Å². The van der Waals surface area contributed by atoms with Crippen LogP contribution in [0.25, 0.3) is 5.57 Å². The third-order valence-corrected chi connectivity index (χ3v) is 3.02. The monoisotopic (exact) mass is 305 g/mol. The fourth-order valence-electron chi connectivity index (χ4n) is 2.05. The van der Waals surface area contributed by atoms with Gasteiger partial charge in [0.25, 0.3) is 0 Å². The van der Waals surface area contributed by atoms with E-state index in [0.29, 0.717) is 18.7 Å². The molecule has 0 saturated carbocycles. The Kier molecular flexibility index (Phi) is 4.44. The molecule has 0 unspecified atom stereocenters. The molecule has 1 aliphatic heterocycles. The minimum Gasteiger partial charge on any atom is -0.464 e. The summed E-state index contributed by atoms with van der Waals surface area (Å²) in [5.74, 6) is -0.556. The Labute approximate surface area is 128 Å². The van der Waals surface area contributed by atoms with Crippen LogP contribution in [0.2, 0.25) is 0 Å². The highest BCUT2D eigenvalue weighted by atomic mass is 16.6. The van der Waals surface area contributed by atoms with Crippen LogP contribution in [-0.4, -0.2) is 53.0 Å². The highest BCUT2D eigenvalue weighted by Gasteiger charge is 2.27. The molecule has 1 amide bonds. The number of aromatic nitrogens is 2. The number of carbonyl (C=O) groups is 2. The summed E-state index contributed by atoms with van der Waals surface area (Å²) in [6, 6.07) is 1.68. The van der Waals surface area contributed by atoms with Crippen molar-refractivity contribution in [2.75, 3.05) is 20.2 Å². The van der Waals surface area contributed by atoms with E-state index in [1.54, 1.807) is 11.0 Å². The van der Waals surface area contributed by atoms with Crippen LogP contribution in [-0.2, 0) is 9.47 Å². The largest absolute Gasteiger partial charge is 0.464 e. The molecule has 7 nitrogen and oxygen atoms in total. The molecule has 2 heterocycles. The van der Waals surface area contributed by atoms with Gasteiger partial charge < -0.3 is 14.4 Å². The fraction of sp³-hybridized carbons (Fsp3) is 0.467. The molecular weight excluding hydrogens is 286 g/mol. The number of hydrogen-bond acceptors (Lipinski definition) is 6. The SMILES string of the molecule is COC(=O)c1nnccc1C1=CCN(C(=O)OC(C)(C)C)C1. The molecule has 7 heteroatoms. The predicted octanol–water partition coefficient (Wildman–Crippen LogP) is 1.90. The molecule has 1 aromatic heterocycles. The van der Waals surface area contributed by atoms with E-state index in [0.717, 1.165) is 5.57 Å². The zero-order valence-corrected chi connectivity index (χ0v) is 13.1. The Morgan fingerprint density at radius 3 is 2.68 bits per heavy atom. The lowest BCUT2D eigenvalue weighted by Crippen LogP contribution is -2.35. The second kappa shape index (κ2) is 6.13. The maximum atomic E-state index is 12.1. The van der Waals surface area contributed by atoms with Gasteiger partial charge in [0.05, 0.1) is 13.3 Å². The van der Waals surface area contributed by atoms with E-state index in [2.05, 4.69) is 10.2 Å². The van der Waals surface area contributed by atoms with E-state index in [1.165, 1.54) is 13.3 Å². The first-order valence-corrected chi connectivity index (χ1v) is 6.89. The number of nitrogens with zero attached hydrogens (tertiary/aromatic N) is 3. The molecule has 0 aromatic carbocycles. The van der Waals surface area contributed by atoms with Gasteiger partial charge in [-0.3, -0.25) is 0 Å². The summed E-state index contributed by atoms with van der Waals surface area (Å²) in [5, 5.41) is 7.53. The quantitative estimate of drug-likeness (QED) is 0.776. The summed E-state index contributed by atoms with van der Waals surface area (Å²) < 4.78 is 10.0. The first kappa shape index (κ1) is 15.9. The number of methoxy groups -OCH3 is 1. The lowest BCUT2D eigenvalue weighted by Gasteiger charge is -2.24. The molecule has 2 rings (SSSR count). The van der Waals surface area contributed by atoms with E-state index in [9.17, 15) is 9.59 Å². The number of ether oxygens (including phenoxy) is 2. The van der Waals surface area contributed by atoms with Crippen molar-refractivity contribution in [1.82, 2.24) is 15.1 Å². The molecule has 1 aromatic rings. The lowest BCUT2D eigenvalue weighted by atomic mass is 10.1. The van der Waals surface area contributed by atoms with Crippen LogP contribution in [0.4, 0.5) is 4.79 Å². The molecule has 0 N–H and O–H groups in total. The summed E-state index contributed by atoms with van der Waals surface area (Å²) >= 11 is 0. The maximum Gasteiger partial charge on any atom is 0.410 e. The minimum atomic E-state index is -0.556. The van der Waals surface area contributed by atoms with Crippen LogP contribution in [0.5, 0.6) is 0 Å². The first-order chi connectivity index (χ1) is 10.3. The molecule has 0 spiro atoms. The number of esters is 1. The molecule has 118 valence electrons. The summed E-state index contributed by atoms with van der Waals surface area (Å²) in [6.07, 6.45) is 2.98. The summed E-state index contributed by atoms with van der Waals surface area (Å²) in [6.45, 7) is 6.23. The second-order valence-electron chi connectivity index (χ2n) is 5.88. The number of carbonyl (C=O) groups excluding carboxylic acids is 2. The van der Waals surface area contributed by atoms with Gasteiger partial charge in [-0.2, -0.15) is 5.10 Å². The van der Waals surface area contributed by atoms with Crippen LogP contribution in [0, 0.1) is 0 Å². The zero-order chi connectivity index (χ0) is 16.3. The summed E-state index contributed by atoms with van der Waals surface area (Å²) in [7, 11) is 1.29. The predicted molar refractivity (Wildman–Crippen MR) is 79.2 cm³/mol. The normalized spacial score (nSPS) is 14.5. The maximum absolute atomic E-state index is 12.1. The third kappa shape index (κ3) is 3.60. The zero-order valence-electron chi connectivity index (χ0n) is 13.1. The highest BCUT2D eigenvalue weighted by molar-refractivity contribution is 5.94. The lowest BCUT2D eigenvalue weighted by molar-refractivity contribution is 0.0306. The van der Waals surface area contributed by atoms with Crippen molar-refractivity contribution in [3.8, 4) is 0 Å². The van der Waals surface area contributed by atoms with Crippen molar-refractivity contribution in [1.29, 1.82) is 0 Å². The first-order valence-electron chi connectivity index (χ1n) is 6.89. The van der Waals surface area contributed by atoms with Crippen molar-refractivity contribution in [2.24, 2.45) is 0 Å². The van der Waals surface area contributed by atoms with E-state index in [-0.39, 0.29) is 11.8 Å². The summed E-state index contributed by atoms with van der Waals surface area (Å²) in [4.78, 5) is 25.4. The minimum absolute atomic E-state index is 0.141. The Bertz CT molecular complexity index is 619. The molecule has 0 saturated heterocycles. The average Bonchev–Trinajstić information content (AvgIpc) is 2.94. The van der Waals surface area contributed by atoms with Crippen molar-refractivity contribution < 1.29 is 19.1 Å².